The van der Waals surface area contributed by atoms with Crippen LogP contribution in [0.25, 0.3) is 0 Å². The van der Waals surface area contributed by atoms with Crippen LogP contribution in [0.4, 0.5) is 0 Å². The Labute approximate surface area is 100 Å². The minimum atomic E-state index is 0.262. The second-order valence-corrected chi connectivity index (χ2v) is 4.93. The zero-order valence-electron chi connectivity index (χ0n) is 11.0. The summed E-state index contributed by atoms with van der Waals surface area (Å²) >= 11 is 0. The number of aryl methyl sites for hydroxylation is 1. The predicted molar refractivity (Wildman–Crippen MR) is 71.7 cm³/mol. The van der Waals surface area contributed by atoms with Gasteiger partial charge in [-0.1, -0.05) is 52.0 Å². The van der Waals surface area contributed by atoms with Gasteiger partial charge in [-0.05, 0) is 35.8 Å². The molecular weight excluding hydrogens is 194 g/mol. The lowest BCUT2D eigenvalue weighted by Gasteiger charge is -2.26. The summed E-state index contributed by atoms with van der Waals surface area (Å²) in [6.45, 7) is 8.81. The van der Waals surface area contributed by atoms with Crippen LogP contribution in [0.3, 0.4) is 0 Å². The average Bonchev–Trinajstić information content (AvgIpc) is 2.30. The summed E-state index contributed by atoms with van der Waals surface area (Å²) in [7, 11) is 0. The van der Waals surface area contributed by atoms with Gasteiger partial charge in [0, 0.05) is 6.04 Å². The summed E-state index contributed by atoms with van der Waals surface area (Å²) < 4.78 is 0. The van der Waals surface area contributed by atoms with Crippen LogP contribution in [0.1, 0.15) is 51.2 Å². The maximum Gasteiger partial charge on any atom is 0.0131 e. The highest BCUT2D eigenvalue weighted by Gasteiger charge is 2.20. The van der Waals surface area contributed by atoms with E-state index in [2.05, 4.69) is 52.0 Å². The molecule has 1 aromatic carbocycles. The number of benzene rings is 1. The fourth-order valence-corrected chi connectivity index (χ4v) is 2.20. The summed E-state index contributed by atoms with van der Waals surface area (Å²) in [6, 6.07) is 9.21. The van der Waals surface area contributed by atoms with E-state index in [1.54, 1.807) is 0 Å². The summed E-state index contributed by atoms with van der Waals surface area (Å²) in [5.41, 5.74) is 9.06. The first-order valence-corrected chi connectivity index (χ1v) is 6.44. The molecule has 0 radical (unpaired) electrons. The van der Waals surface area contributed by atoms with Gasteiger partial charge < -0.3 is 5.73 Å². The third-order valence-electron chi connectivity index (χ3n) is 3.49. The van der Waals surface area contributed by atoms with Gasteiger partial charge in [-0.3, -0.25) is 0 Å². The summed E-state index contributed by atoms with van der Waals surface area (Å²) in [5, 5.41) is 0. The van der Waals surface area contributed by atoms with Gasteiger partial charge in [0.15, 0.2) is 0 Å². The first-order chi connectivity index (χ1) is 7.60. The Bertz CT molecular complexity index is 300. The molecule has 0 aromatic heterocycles. The van der Waals surface area contributed by atoms with Crippen molar-refractivity contribution in [3.8, 4) is 0 Å². The molecule has 1 rings (SSSR count). The number of rotatable bonds is 5. The van der Waals surface area contributed by atoms with Crippen molar-refractivity contribution in [3.63, 3.8) is 0 Å². The number of hydrogen-bond donors (Lipinski definition) is 1. The maximum atomic E-state index is 6.27. The third-order valence-corrected chi connectivity index (χ3v) is 3.49. The Hall–Kier alpha value is -0.820. The zero-order chi connectivity index (χ0) is 12.1. The van der Waals surface area contributed by atoms with E-state index in [9.17, 15) is 0 Å². The van der Waals surface area contributed by atoms with Crippen LogP contribution in [-0.4, -0.2) is 6.04 Å². The molecular formula is C15H25N. The van der Waals surface area contributed by atoms with Crippen molar-refractivity contribution in [1.29, 1.82) is 0 Å². The molecule has 1 aromatic rings. The molecule has 1 heteroatoms. The molecule has 1 nitrogen and oxygen atoms in total. The van der Waals surface area contributed by atoms with Gasteiger partial charge in [-0.15, -0.1) is 0 Å². The second kappa shape index (κ2) is 6.05. The fraction of sp³-hybridized carbons (Fsp3) is 0.600. The van der Waals surface area contributed by atoms with E-state index in [1.165, 1.54) is 11.1 Å². The van der Waals surface area contributed by atoms with Crippen LogP contribution >= 0.6 is 0 Å². The first-order valence-electron chi connectivity index (χ1n) is 6.44. The van der Waals surface area contributed by atoms with Crippen LogP contribution in [0.2, 0.25) is 0 Å². The van der Waals surface area contributed by atoms with Crippen LogP contribution in [-0.2, 0) is 6.42 Å². The lowest BCUT2D eigenvalue weighted by molar-refractivity contribution is 0.408. The number of nitrogens with two attached hydrogens (primary N) is 1. The van der Waals surface area contributed by atoms with E-state index in [1.807, 2.05) is 0 Å². The minimum Gasteiger partial charge on any atom is -0.327 e. The Morgan fingerprint density at radius 2 is 1.62 bits per heavy atom. The second-order valence-electron chi connectivity index (χ2n) is 4.93. The maximum absolute atomic E-state index is 6.27. The third kappa shape index (κ3) is 3.08. The van der Waals surface area contributed by atoms with Crippen LogP contribution < -0.4 is 5.73 Å². The van der Waals surface area contributed by atoms with E-state index < -0.39 is 0 Å². The van der Waals surface area contributed by atoms with Crippen molar-refractivity contribution in [2.45, 2.75) is 52.5 Å². The molecule has 0 fully saturated rings. The lowest BCUT2D eigenvalue weighted by atomic mass is 9.83. The molecule has 0 aliphatic heterocycles. The fourth-order valence-electron chi connectivity index (χ4n) is 2.20. The molecule has 2 unspecified atom stereocenters. The molecule has 0 aliphatic carbocycles. The van der Waals surface area contributed by atoms with Gasteiger partial charge in [-0.2, -0.15) is 0 Å². The quantitative estimate of drug-likeness (QED) is 0.802. The molecule has 0 bridgehead atoms. The average molecular weight is 219 g/mol. The van der Waals surface area contributed by atoms with Crippen molar-refractivity contribution in [1.82, 2.24) is 0 Å². The Kier molecular flexibility index (Phi) is 5.01. The topological polar surface area (TPSA) is 26.0 Å². The van der Waals surface area contributed by atoms with E-state index in [-0.39, 0.29) is 6.04 Å². The van der Waals surface area contributed by atoms with Gasteiger partial charge in [0.25, 0.3) is 0 Å². The largest absolute Gasteiger partial charge is 0.327 e. The molecule has 0 saturated carbocycles. The SMILES string of the molecule is CCc1ccc(C(CC)C(N)C(C)C)cc1. The summed E-state index contributed by atoms with van der Waals surface area (Å²) in [6.07, 6.45) is 2.22. The number of hydrogen-bond acceptors (Lipinski definition) is 1. The standard InChI is InChI=1S/C15H25N/c1-5-12-7-9-13(10-8-12)14(6-2)15(16)11(3)4/h7-11,14-15H,5-6,16H2,1-4H3. The van der Waals surface area contributed by atoms with Gasteiger partial charge in [0.05, 0.1) is 0 Å². The van der Waals surface area contributed by atoms with E-state index >= 15 is 0 Å². The molecule has 0 spiro atoms. The molecule has 90 valence electrons. The van der Waals surface area contributed by atoms with Gasteiger partial charge in [0.2, 0.25) is 0 Å². The summed E-state index contributed by atoms with van der Waals surface area (Å²) in [4.78, 5) is 0. The normalized spacial score (nSPS) is 15.1. The smallest absolute Gasteiger partial charge is 0.0131 e. The predicted octanol–water partition coefficient (Wildman–Crippen LogP) is 3.73. The lowest BCUT2D eigenvalue weighted by Crippen LogP contribution is -2.33. The molecule has 16 heavy (non-hydrogen) atoms. The molecule has 0 amide bonds. The van der Waals surface area contributed by atoms with E-state index in [4.69, 9.17) is 5.73 Å². The Morgan fingerprint density at radius 1 is 1.06 bits per heavy atom. The molecule has 0 saturated heterocycles. The summed E-state index contributed by atoms with van der Waals surface area (Å²) in [5.74, 6) is 1.03. The molecule has 2 N–H and O–H groups in total. The first kappa shape index (κ1) is 13.2. The zero-order valence-corrected chi connectivity index (χ0v) is 11.0. The highest BCUT2D eigenvalue weighted by Crippen LogP contribution is 2.26. The highest BCUT2D eigenvalue weighted by molar-refractivity contribution is 5.26. The van der Waals surface area contributed by atoms with Crippen molar-refractivity contribution < 1.29 is 0 Å². The molecule has 0 aliphatic rings. The van der Waals surface area contributed by atoms with Crippen molar-refractivity contribution in [2.24, 2.45) is 11.7 Å². The Balaban J connectivity index is 2.86. The monoisotopic (exact) mass is 219 g/mol. The van der Waals surface area contributed by atoms with E-state index in [0.717, 1.165) is 12.8 Å². The van der Waals surface area contributed by atoms with Crippen molar-refractivity contribution >= 4 is 0 Å². The van der Waals surface area contributed by atoms with Crippen molar-refractivity contribution in [2.75, 3.05) is 0 Å². The van der Waals surface area contributed by atoms with Crippen molar-refractivity contribution in [3.05, 3.63) is 35.4 Å². The van der Waals surface area contributed by atoms with E-state index in [0.29, 0.717) is 11.8 Å². The molecule has 0 heterocycles. The van der Waals surface area contributed by atoms with Crippen LogP contribution in [0, 0.1) is 5.92 Å². The molecule has 2 atom stereocenters. The van der Waals surface area contributed by atoms with Gasteiger partial charge >= 0.3 is 0 Å². The Morgan fingerprint density at radius 3 is 2.00 bits per heavy atom. The van der Waals surface area contributed by atoms with Crippen LogP contribution in [0.5, 0.6) is 0 Å². The van der Waals surface area contributed by atoms with Gasteiger partial charge in [0.1, 0.15) is 0 Å². The minimum absolute atomic E-state index is 0.262. The van der Waals surface area contributed by atoms with Crippen LogP contribution in [0.15, 0.2) is 24.3 Å². The van der Waals surface area contributed by atoms with Gasteiger partial charge in [-0.25, -0.2) is 0 Å². The highest BCUT2D eigenvalue weighted by atomic mass is 14.7.